The van der Waals surface area contributed by atoms with Crippen molar-refractivity contribution in [2.45, 2.75) is 25.9 Å². The predicted molar refractivity (Wildman–Crippen MR) is 50.0 cm³/mol. The number of nitrogens with zero attached hydrogens (tertiary/aromatic N) is 2. The van der Waals surface area contributed by atoms with Crippen molar-refractivity contribution in [3.8, 4) is 0 Å². The Balaban J connectivity index is 2.27. The Morgan fingerprint density at radius 1 is 1.46 bits per heavy atom. The van der Waals surface area contributed by atoms with E-state index in [1.54, 1.807) is 18.5 Å². The van der Waals surface area contributed by atoms with E-state index in [0.29, 0.717) is 12.6 Å². The number of aromatic nitrogens is 2. The van der Waals surface area contributed by atoms with Crippen LogP contribution >= 0.6 is 0 Å². The Morgan fingerprint density at radius 3 is 2.77 bits per heavy atom. The first kappa shape index (κ1) is 10.1. The topological polar surface area (TPSA) is 58.0 Å². The van der Waals surface area contributed by atoms with Crippen LogP contribution in [0.5, 0.6) is 0 Å². The van der Waals surface area contributed by atoms with Crippen LogP contribution in [0.4, 0.5) is 0 Å². The van der Waals surface area contributed by atoms with Gasteiger partial charge < -0.3 is 10.4 Å². The largest absolute Gasteiger partial charge is 0.396 e. The van der Waals surface area contributed by atoms with Crippen LogP contribution in [0.1, 0.15) is 19.2 Å². The molecule has 1 rings (SSSR count). The van der Waals surface area contributed by atoms with Gasteiger partial charge in [-0.15, -0.1) is 0 Å². The molecule has 0 aromatic carbocycles. The second kappa shape index (κ2) is 5.61. The average Bonchev–Trinajstić information content (AvgIpc) is 2.17. The number of hydrogen-bond acceptors (Lipinski definition) is 4. The van der Waals surface area contributed by atoms with Crippen molar-refractivity contribution in [3.05, 3.63) is 24.3 Å². The van der Waals surface area contributed by atoms with Crippen molar-refractivity contribution >= 4 is 0 Å². The SMILES string of the molecule is CC(CCO)NCc1ncccn1. The molecule has 0 fully saturated rings. The van der Waals surface area contributed by atoms with Gasteiger partial charge >= 0.3 is 0 Å². The third kappa shape index (κ3) is 3.96. The third-order valence-corrected chi connectivity index (χ3v) is 1.79. The molecule has 0 aliphatic carbocycles. The first-order chi connectivity index (χ1) is 6.33. The maximum Gasteiger partial charge on any atom is 0.141 e. The number of aliphatic hydroxyl groups excluding tert-OH is 1. The molecule has 0 spiro atoms. The number of rotatable bonds is 5. The van der Waals surface area contributed by atoms with Crippen LogP contribution < -0.4 is 5.32 Å². The Morgan fingerprint density at radius 2 is 2.15 bits per heavy atom. The highest BCUT2D eigenvalue weighted by Crippen LogP contribution is 1.92. The van der Waals surface area contributed by atoms with E-state index in [-0.39, 0.29) is 6.61 Å². The van der Waals surface area contributed by atoms with Crippen molar-refractivity contribution in [1.29, 1.82) is 0 Å². The number of aliphatic hydroxyl groups is 1. The normalized spacial score (nSPS) is 12.8. The molecule has 4 heteroatoms. The van der Waals surface area contributed by atoms with Gasteiger partial charge in [0.25, 0.3) is 0 Å². The summed E-state index contributed by atoms with van der Waals surface area (Å²) in [6.07, 6.45) is 4.20. The fourth-order valence-electron chi connectivity index (χ4n) is 0.982. The molecule has 0 amide bonds. The number of hydrogen-bond donors (Lipinski definition) is 2. The molecule has 1 aromatic rings. The first-order valence-corrected chi connectivity index (χ1v) is 4.43. The zero-order valence-electron chi connectivity index (χ0n) is 7.77. The van der Waals surface area contributed by atoms with Gasteiger partial charge in [0.15, 0.2) is 0 Å². The first-order valence-electron chi connectivity index (χ1n) is 4.43. The molecule has 13 heavy (non-hydrogen) atoms. The predicted octanol–water partition coefficient (Wildman–Crippen LogP) is 0.337. The summed E-state index contributed by atoms with van der Waals surface area (Å²) in [5, 5.41) is 11.9. The van der Waals surface area contributed by atoms with Crippen molar-refractivity contribution in [2.24, 2.45) is 0 Å². The van der Waals surface area contributed by atoms with Crippen LogP contribution in [-0.2, 0) is 6.54 Å². The Bertz CT molecular complexity index is 228. The van der Waals surface area contributed by atoms with Crippen LogP contribution in [0.2, 0.25) is 0 Å². The van der Waals surface area contributed by atoms with E-state index in [1.165, 1.54) is 0 Å². The summed E-state index contributed by atoms with van der Waals surface area (Å²) < 4.78 is 0. The van der Waals surface area contributed by atoms with E-state index < -0.39 is 0 Å². The third-order valence-electron chi connectivity index (χ3n) is 1.79. The standard InChI is InChI=1S/C9H15N3O/c1-8(3-6-13)12-7-9-10-4-2-5-11-9/h2,4-5,8,12-13H,3,6-7H2,1H3. The van der Waals surface area contributed by atoms with Crippen molar-refractivity contribution in [3.63, 3.8) is 0 Å². The summed E-state index contributed by atoms with van der Waals surface area (Å²) in [5.74, 6) is 0.785. The molecule has 0 saturated carbocycles. The molecule has 0 aliphatic heterocycles. The molecule has 1 aromatic heterocycles. The molecule has 0 bridgehead atoms. The minimum atomic E-state index is 0.212. The fourth-order valence-corrected chi connectivity index (χ4v) is 0.982. The molecule has 0 radical (unpaired) electrons. The van der Waals surface area contributed by atoms with Crippen molar-refractivity contribution in [1.82, 2.24) is 15.3 Å². The summed E-state index contributed by atoms with van der Waals surface area (Å²) in [7, 11) is 0. The van der Waals surface area contributed by atoms with Gasteiger partial charge in [-0.2, -0.15) is 0 Å². The highest BCUT2D eigenvalue weighted by Gasteiger charge is 2.00. The number of nitrogens with one attached hydrogen (secondary N) is 1. The monoisotopic (exact) mass is 181 g/mol. The molecule has 4 nitrogen and oxygen atoms in total. The molecule has 1 heterocycles. The zero-order chi connectivity index (χ0) is 9.52. The van der Waals surface area contributed by atoms with E-state index in [2.05, 4.69) is 15.3 Å². The summed E-state index contributed by atoms with van der Waals surface area (Å²) in [6, 6.07) is 2.09. The van der Waals surface area contributed by atoms with Gasteiger partial charge in [-0.3, -0.25) is 0 Å². The highest BCUT2D eigenvalue weighted by atomic mass is 16.3. The van der Waals surface area contributed by atoms with Gasteiger partial charge in [0, 0.05) is 25.0 Å². The van der Waals surface area contributed by atoms with Crippen LogP contribution in [0.15, 0.2) is 18.5 Å². The molecule has 0 aliphatic rings. The summed E-state index contributed by atoms with van der Waals surface area (Å²) in [4.78, 5) is 8.15. The van der Waals surface area contributed by atoms with Gasteiger partial charge in [-0.1, -0.05) is 0 Å². The minimum absolute atomic E-state index is 0.212. The minimum Gasteiger partial charge on any atom is -0.396 e. The van der Waals surface area contributed by atoms with E-state index in [4.69, 9.17) is 5.11 Å². The van der Waals surface area contributed by atoms with Gasteiger partial charge in [0.05, 0.1) is 6.54 Å². The van der Waals surface area contributed by atoms with Gasteiger partial charge in [-0.25, -0.2) is 9.97 Å². The van der Waals surface area contributed by atoms with Crippen LogP contribution in [0, 0.1) is 0 Å². The average molecular weight is 181 g/mol. The van der Waals surface area contributed by atoms with Crippen molar-refractivity contribution < 1.29 is 5.11 Å². The molecule has 0 saturated heterocycles. The van der Waals surface area contributed by atoms with Gasteiger partial charge in [0.2, 0.25) is 0 Å². The summed E-state index contributed by atoms with van der Waals surface area (Å²) >= 11 is 0. The van der Waals surface area contributed by atoms with E-state index in [0.717, 1.165) is 12.2 Å². The summed E-state index contributed by atoms with van der Waals surface area (Å²) in [6.45, 7) is 2.89. The molecule has 72 valence electrons. The van der Waals surface area contributed by atoms with Crippen LogP contribution in [0.25, 0.3) is 0 Å². The van der Waals surface area contributed by atoms with E-state index in [9.17, 15) is 0 Å². The Kier molecular flexibility index (Phi) is 4.35. The lowest BCUT2D eigenvalue weighted by Crippen LogP contribution is -2.27. The second-order valence-electron chi connectivity index (χ2n) is 2.96. The van der Waals surface area contributed by atoms with Gasteiger partial charge in [-0.05, 0) is 19.4 Å². The van der Waals surface area contributed by atoms with E-state index in [1.807, 2.05) is 6.92 Å². The second-order valence-corrected chi connectivity index (χ2v) is 2.96. The van der Waals surface area contributed by atoms with Gasteiger partial charge in [0.1, 0.15) is 5.82 Å². The lowest BCUT2D eigenvalue weighted by atomic mass is 10.2. The highest BCUT2D eigenvalue weighted by molar-refractivity contribution is 4.88. The molecular weight excluding hydrogens is 166 g/mol. The molecule has 2 N–H and O–H groups in total. The summed E-state index contributed by atoms with van der Waals surface area (Å²) in [5.41, 5.74) is 0. The van der Waals surface area contributed by atoms with Crippen LogP contribution in [-0.4, -0.2) is 27.7 Å². The Hall–Kier alpha value is -1.00. The molecule has 1 atom stereocenters. The lowest BCUT2D eigenvalue weighted by molar-refractivity contribution is 0.268. The van der Waals surface area contributed by atoms with E-state index >= 15 is 0 Å². The fraction of sp³-hybridized carbons (Fsp3) is 0.556. The molecular formula is C9H15N3O. The zero-order valence-corrected chi connectivity index (χ0v) is 7.77. The smallest absolute Gasteiger partial charge is 0.141 e. The van der Waals surface area contributed by atoms with Crippen LogP contribution in [0.3, 0.4) is 0 Å². The van der Waals surface area contributed by atoms with Crippen molar-refractivity contribution in [2.75, 3.05) is 6.61 Å². The maximum atomic E-state index is 8.66. The maximum absolute atomic E-state index is 8.66. The lowest BCUT2D eigenvalue weighted by Gasteiger charge is -2.10. The Labute approximate surface area is 78.0 Å². The molecule has 1 unspecified atom stereocenters. The quantitative estimate of drug-likeness (QED) is 0.687.